The number of rotatable bonds is 4. The lowest BCUT2D eigenvalue weighted by atomic mass is 9.78. The Morgan fingerprint density at radius 2 is 1.97 bits per heavy atom. The molecule has 2 amide bonds. The van der Waals surface area contributed by atoms with Gasteiger partial charge in [0.2, 0.25) is 5.91 Å². The second kappa shape index (κ2) is 8.41. The highest BCUT2D eigenvalue weighted by atomic mass is 35.5. The number of hydrogen-bond donors (Lipinski definition) is 1. The van der Waals surface area contributed by atoms with Crippen molar-refractivity contribution in [1.29, 1.82) is 0 Å². The van der Waals surface area contributed by atoms with Crippen LogP contribution in [-0.4, -0.2) is 48.3 Å². The van der Waals surface area contributed by atoms with Crippen molar-refractivity contribution in [3.63, 3.8) is 0 Å². The average molecular weight is 464 g/mol. The number of carbonyl (C=O) groups excluding carboxylic acids is 2. The molecule has 0 saturated carbocycles. The third-order valence-electron chi connectivity index (χ3n) is 6.24. The minimum Gasteiger partial charge on any atom is -0.349 e. The summed E-state index contributed by atoms with van der Waals surface area (Å²) in [7, 11) is 3.43. The predicted octanol–water partition coefficient (Wildman–Crippen LogP) is 4.66. The van der Waals surface area contributed by atoms with E-state index >= 15 is 0 Å². The van der Waals surface area contributed by atoms with Crippen LogP contribution in [0.3, 0.4) is 0 Å². The van der Waals surface area contributed by atoms with Gasteiger partial charge in [-0.2, -0.15) is 0 Å². The molecular weight excluding hydrogens is 440 g/mol. The van der Waals surface area contributed by atoms with Crippen molar-refractivity contribution in [2.24, 2.45) is 0 Å². The van der Waals surface area contributed by atoms with Crippen LogP contribution < -0.4 is 5.32 Å². The lowest BCUT2D eigenvalue weighted by molar-refractivity contribution is -0.135. The number of carbonyl (C=O) groups is 2. The van der Waals surface area contributed by atoms with E-state index < -0.39 is 11.4 Å². The number of halogens is 3. The highest BCUT2D eigenvalue weighted by Crippen LogP contribution is 2.51. The number of nitrogens with zero attached hydrogens (tertiary/aromatic N) is 2. The summed E-state index contributed by atoms with van der Waals surface area (Å²) in [6.45, 7) is 0.567. The van der Waals surface area contributed by atoms with Gasteiger partial charge in [-0.1, -0.05) is 47.8 Å². The molecule has 8 heteroatoms. The van der Waals surface area contributed by atoms with Crippen molar-refractivity contribution in [2.75, 3.05) is 26.0 Å². The topological polar surface area (TPSA) is 52.7 Å². The maximum absolute atomic E-state index is 14.9. The number of anilines is 1. The van der Waals surface area contributed by atoms with Crippen molar-refractivity contribution >= 4 is 40.7 Å². The number of amides is 2. The van der Waals surface area contributed by atoms with Gasteiger partial charge in [-0.25, -0.2) is 4.39 Å². The van der Waals surface area contributed by atoms with Crippen molar-refractivity contribution < 1.29 is 14.0 Å². The molecule has 0 radical (unpaired) electrons. The number of benzene rings is 2. The van der Waals surface area contributed by atoms with E-state index in [9.17, 15) is 14.0 Å². The number of fused-ring (bicyclic) bond motifs is 1. The van der Waals surface area contributed by atoms with Crippen LogP contribution in [0.4, 0.5) is 10.1 Å². The van der Waals surface area contributed by atoms with E-state index in [0.29, 0.717) is 22.7 Å². The first-order valence-electron chi connectivity index (χ1n) is 10.3. The van der Waals surface area contributed by atoms with E-state index in [2.05, 4.69) is 5.32 Å². The minimum absolute atomic E-state index is 0.0258. The normalized spacial score (nSPS) is 23.4. The van der Waals surface area contributed by atoms with Crippen LogP contribution in [0, 0.1) is 5.82 Å². The van der Waals surface area contributed by atoms with Crippen LogP contribution in [0.2, 0.25) is 10.0 Å². The maximum atomic E-state index is 14.9. The Labute approximate surface area is 191 Å². The zero-order valence-electron chi connectivity index (χ0n) is 17.4. The number of nitrogens with one attached hydrogen (secondary N) is 1. The minimum atomic E-state index is -1.38. The smallest absolute Gasteiger partial charge is 0.254 e. The SMILES string of the molecule is CN(C)C(=O)C[C@@H]1CCCCN1C1(c2ccccc2Cl)C(=O)Nc2c(F)cc(Cl)cc21. The monoisotopic (exact) mass is 463 g/mol. The first-order valence-corrected chi connectivity index (χ1v) is 11.0. The van der Waals surface area contributed by atoms with Gasteiger partial charge in [0.15, 0.2) is 5.54 Å². The Kier molecular flexibility index (Phi) is 5.99. The largest absolute Gasteiger partial charge is 0.349 e. The van der Waals surface area contributed by atoms with Gasteiger partial charge in [0.05, 0.1) is 5.69 Å². The van der Waals surface area contributed by atoms with Crippen LogP contribution in [0.25, 0.3) is 0 Å². The van der Waals surface area contributed by atoms with Gasteiger partial charge in [0.1, 0.15) is 5.82 Å². The highest BCUT2D eigenvalue weighted by Gasteiger charge is 2.56. The Morgan fingerprint density at radius 3 is 2.68 bits per heavy atom. The van der Waals surface area contributed by atoms with E-state index in [4.69, 9.17) is 23.2 Å². The van der Waals surface area contributed by atoms with Crippen molar-refractivity contribution in [2.45, 2.75) is 37.3 Å². The van der Waals surface area contributed by atoms with Gasteiger partial charge in [-0.3, -0.25) is 14.5 Å². The summed E-state index contributed by atoms with van der Waals surface area (Å²) in [5.74, 6) is -1.01. The Morgan fingerprint density at radius 1 is 1.23 bits per heavy atom. The average Bonchev–Trinajstić information content (AvgIpc) is 3.01. The lowest BCUT2D eigenvalue weighted by Gasteiger charge is -2.47. The molecular formula is C23H24Cl2FN3O2. The zero-order valence-corrected chi connectivity index (χ0v) is 18.9. The quantitative estimate of drug-likeness (QED) is 0.716. The Bertz CT molecular complexity index is 1050. The molecule has 0 aliphatic carbocycles. The molecule has 1 N–H and O–H groups in total. The van der Waals surface area contributed by atoms with Crippen molar-refractivity contribution in [1.82, 2.24) is 9.80 Å². The van der Waals surface area contributed by atoms with Gasteiger partial charge >= 0.3 is 0 Å². The van der Waals surface area contributed by atoms with Gasteiger partial charge in [-0.05, 0) is 31.0 Å². The molecule has 1 saturated heterocycles. The fourth-order valence-corrected chi connectivity index (χ4v) is 5.29. The number of piperidine rings is 1. The molecule has 0 aromatic heterocycles. The molecule has 2 atom stereocenters. The molecule has 0 bridgehead atoms. The van der Waals surface area contributed by atoms with Crippen LogP contribution >= 0.6 is 23.2 Å². The molecule has 0 spiro atoms. The molecule has 1 unspecified atom stereocenters. The first kappa shape index (κ1) is 22.1. The number of likely N-dealkylation sites (tertiary alicyclic amines) is 1. The second-order valence-corrected chi connectivity index (χ2v) is 9.13. The van der Waals surface area contributed by atoms with Crippen LogP contribution in [-0.2, 0) is 15.1 Å². The van der Waals surface area contributed by atoms with Gasteiger partial charge < -0.3 is 10.2 Å². The van der Waals surface area contributed by atoms with Crippen LogP contribution in [0.5, 0.6) is 0 Å². The third-order valence-corrected chi connectivity index (χ3v) is 6.79. The lowest BCUT2D eigenvalue weighted by Crippen LogP contribution is -2.58. The van der Waals surface area contributed by atoms with Crippen molar-refractivity contribution in [3.05, 3.63) is 63.4 Å². The van der Waals surface area contributed by atoms with Gasteiger partial charge in [-0.15, -0.1) is 0 Å². The first-order chi connectivity index (χ1) is 14.8. The van der Waals surface area contributed by atoms with Crippen LogP contribution in [0.1, 0.15) is 36.8 Å². The Hall–Kier alpha value is -2.15. The van der Waals surface area contributed by atoms with E-state index in [1.807, 2.05) is 4.90 Å². The third kappa shape index (κ3) is 3.60. The maximum Gasteiger partial charge on any atom is 0.254 e. The molecule has 2 aromatic rings. The van der Waals surface area contributed by atoms with E-state index in [1.165, 1.54) is 6.07 Å². The summed E-state index contributed by atoms with van der Waals surface area (Å²) in [6.07, 6.45) is 2.80. The molecule has 5 nitrogen and oxygen atoms in total. The molecule has 2 aliphatic heterocycles. The summed E-state index contributed by atoms with van der Waals surface area (Å²) in [6, 6.07) is 9.70. The molecule has 4 rings (SSSR count). The molecule has 164 valence electrons. The van der Waals surface area contributed by atoms with Crippen LogP contribution in [0.15, 0.2) is 36.4 Å². The zero-order chi connectivity index (χ0) is 22.3. The van der Waals surface area contributed by atoms with E-state index in [-0.39, 0.29) is 35.0 Å². The highest BCUT2D eigenvalue weighted by molar-refractivity contribution is 6.32. The molecule has 2 aromatic carbocycles. The van der Waals surface area contributed by atoms with Gasteiger partial charge in [0, 0.05) is 54.3 Å². The summed E-state index contributed by atoms with van der Waals surface area (Å²) in [4.78, 5) is 29.9. The Balaban J connectivity index is 1.97. The summed E-state index contributed by atoms with van der Waals surface area (Å²) in [5, 5.41) is 3.33. The summed E-state index contributed by atoms with van der Waals surface area (Å²) < 4.78 is 14.9. The fraction of sp³-hybridized carbons (Fsp3) is 0.391. The summed E-state index contributed by atoms with van der Waals surface area (Å²) in [5.41, 5.74) is -0.284. The van der Waals surface area contributed by atoms with E-state index in [0.717, 1.165) is 19.3 Å². The number of hydrogen-bond acceptors (Lipinski definition) is 3. The van der Waals surface area contributed by atoms with Gasteiger partial charge in [0.25, 0.3) is 5.91 Å². The van der Waals surface area contributed by atoms with E-state index in [1.54, 1.807) is 49.3 Å². The molecule has 1 fully saturated rings. The molecule has 31 heavy (non-hydrogen) atoms. The molecule has 2 aliphatic rings. The predicted molar refractivity (Wildman–Crippen MR) is 120 cm³/mol. The second-order valence-electron chi connectivity index (χ2n) is 8.29. The fourth-order valence-electron chi connectivity index (χ4n) is 4.81. The summed E-state index contributed by atoms with van der Waals surface area (Å²) >= 11 is 12.9. The molecule has 2 heterocycles. The standard InChI is InChI=1S/C23H24Cl2FN3O2/c1-28(2)20(30)13-15-7-5-6-10-29(15)23(16-8-3-4-9-18(16)25)17-11-14(24)12-19(26)21(17)27-22(23)31/h3-4,8-9,11-12,15H,5-7,10,13H2,1-2H3,(H,27,31)/t15-,23?/m0/s1. The van der Waals surface area contributed by atoms with Crippen molar-refractivity contribution in [3.8, 4) is 0 Å².